The van der Waals surface area contributed by atoms with Gasteiger partial charge < -0.3 is 14.2 Å². The molecule has 1 fully saturated rings. The number of imidazole rings is 1. The van der Waals surface area contributed by atoms with Crippen molar-refractivity contribution in [1.82, 2.24) is 14.5 Å². The molecule has 182 valence electrons. The number of rotatable bonds is 9. The van der Waals surface area contributed by atoms with Crippen LogP contribution in [0.15, 0.2) is 35.6 Å². The maximum atomic E-state index is 14.2. The van der Waals surface area contributed by atoms with Gasteiger partial charge in [-0.3, -0.25) is 4.79 Å². The zero-order valence-electron chi connectivity index (χ0n) is 19.9. The zero-order chi connectivity index (χ0) is 24.2. The summed E-state index contributed by atoms with van der Waals surface area (Å²) in [6.45, 7) is 9.63. The summed E-state index contributed by atoms with van der Waals surface area (Å²) in [4.78, 5) is 18.8. The van der Waals surface area contributed by atoms with Gasteiger partial charge in [0.2, 0.25) is 20.9 Å². The van der Waals surface area contributed by atoms with E-state index in [1.807, 2.05) is 27.7 Å². The van der Waals surface area contributed by atoms with Gasteiger partial charge in [-0.05, 0) is 31.2 Å². The molecule has 1 aliphatic heterocycles. The highest BCUT2D eigenvalue weighted by atomic mass is 32.2. The minimum absolute atomic E-state index is 0.00521. The lowest BCUT2D eigenvalue weighted by molar-refractivity contribution is -0.133. The Bertz CT molecular complexity index is 1070. The number of hydrogen-bond donors (Lipinski definition) is 0. The van der Waals surface area contributed by atoms with Gasteiger partial charge in [-0.2, -0.15) is 0 Å². The summed E-state index contributed by atoms with van der Waals surface area (Å²) in [6.07, 6.45) is 3.51. The quantitative estimate of drug-likeness (QED) is 0.544. The second-order valence-electron chi connectivity index (χ2n) is 9.77. The first-order valence-electron chi connectivity index (χ1n) is 11.4. The number of ether oxygens (including phenoxy) is 1. The topological polar surface area (TPSA) is 81.5 Å². The van der Waals surface area contributed by atoms with Crippen molar-refractivity contribution in [3.8, 4) is 0 Å². The summed E-state index contributed by atoms with van der Waals surface area (Å²) in [5.41, 5.74) is 0.569. The van der Waals surface area contributed by atoms with Crippen LogP contribution >= 0.6 is 0 Å². The maximum Gasteiger partial charge on any atom is 0.228 e. The average Bonchev–Trinajstić information content (AvgIpc) is 3.37. The van der Waals surface area contributed by atoms with E-state index in [1.165, 1.54) is 24.4 Å². The molecule has 0 radical (unpaired) electrons. The van der Waals surface area contributed by atoms with Gasteiger partial charge in [0.05, 0.1) is 36.8 Å². The third-order valence-corrected chi connectivity index (χ3v) is 7.24. The van der Waals surface area contributed by atoms with Gasteiger partial charge in [-0.1, -0.05) is 39.0 Å². The van der Waals surface area contributed by atoms with Gasteiger partial charge in [0, 0.05) is 25.1 Å². The lowest BCUT2D eigenvalue weighted by Crippen LogP contribution is -2.34. The predicted octanol–water partition coefficient (Wildman–Crippen LogP) is 3.96. The molecule has 0 aliphatic carbocycles. The van der Waals surface area contributed by atoms with Gasteiger partial charge in [0.15, 0.2) is 0 Å². The van der Waals surface area contributed by atoms with Gasteiger partial charge in [-0.15, -0.1) is 0 Å². The minimum Gasteiger partial charge on any atom is -0.376 e. The highest BCUT2D eigenvalue weighted by Gasteiger charge is 2.29. The Morgan fingerprint density at radius 3 is 2.64 bits per heavy atom. The molecule has 2 aromatic rings. The first-order chi connectivity index (χ1) is 15.5. The summed E-state index contributed by atoms with van der Waals surface area (Å²) >= 11 is 0. The van der Waals surface area contributed by atoms with E-state index in [4.69, 9.17) is 4.74 Å². The van der Waals surface area contributed by atoms with Crippen LogP contribution in [0.25, 0.3) is 0 Å². The predicted molar refractivity (Wildman–Crippen MR) is 124 cm³/mol. The summed E-state index contributed by atoms with van der Waals surface area (Å²) < 4.78 is 48.1. The van der Waals surface area contributed by atoms with Crippen LogP contribution in [0.4, 0.5) is 4.39 Å². The molecular weight excluding hydrogens is 445 g/mol. The molecule has 3 rings (SSSR count). The number of amides is 1. The van der Waals surface area contributed by atoms with Crippen LogP contribution in [0.5, 0.6) is 0 Å². The number of carbonyl (C=O) groups excluding carboxylic acids is 1. The molecule has 1 saturated heterocycles. The van der Waals surface area contributed by atoms with Crippen molar-refractivity contribution in [2.75, 3.05) is 13.2 Å². The normalized spacial score (nSPS) is 16.8. The molecule has 33 heavy (non-hydrogen) atoms. The molecular formula is C24H34FN3O4S. The number of halogens is 1. The largest absolute Gasteiger partial charge is 0.376 e. The molecule has 1 atom stereocenters. The van der Waals surface area contributed by atoms with Gasteiger partial charge in [0.25, 0.3) is 0 Å². The maximum absolute atomic E-state index is 14.2. The van der Waals surface area contributed by atoms with E-state index >= 15 is 0 Å². The van der Waals surface area contributed by atoms with E-state index in [1.54, 1.807) is 15.5 Å². The smallest absolute Gasteiger partial charge is 0.228 e. The first-order valence-corrected chi connectivity index (χ1v) is 13.1. The molecule has 7 nitrogen and oxygen atoms in total. The molecule has 0 spiro atoms. The van der Waals surface area contributed by atoms with Crippen molar-refractivity contribution in [3.63, 3.8) is 0 Å². The van der Waals surface area contributed by atoms with E-state index in [0.717, 1.165) is 12.8 Å². The van der Waals surface area contributed by atoms with Crippen molar-refractivity contribution in [3.05, 3.63) is 47.5 Å². The van der Waals surface area contributed by atoms with Crippen molar-refractivity contribution >= 4 is 15.7 Å². The Morgan fingerprint density at radius 2 is 2.03 bits per heavy atom. The number of carbonyl (C=O) groups is 1. The van der Waals surface area contributed by atoms with Crippen molar-refractivity contribution in [1.29, 1.82) is 0 Å². The number of benzene rings is 1. The molecule has 1 unspecified atom stereocenters. The lowest BCUT2D eigenvalue weighted by Gasteiger charge is -2.26. The Morgan fingerprint density at radius 1 is 1.30 bits per heavy atom. The van der Waals surface area contributed by atoms with E-state index in [-0.39, 0.29) is 34.7 Å². The Hall–Kier alpha value is -2.26. The molecule has 9 heteroatoms. The standard InChI is InChI=1S/C24H34FN3O4S/c1-5-27(22(29)13-24(2,3)4)15-19-14-26-23(28(19)16-20-10-8-12-32-20)33(30,31)17-18-9-6-7-11-21(18)25/h6-7,9,11,14,20H,5,8,10,12-13,15-17H2,1-4H3. The Labute approximate surface area is 195 Å². The van der Waals surface area contributed by atoms with E-state index in [2.05, 4.69) is 4.98 Å². The van der Waals surface area contributed by atoms with Crippen LogP contribution in [-0.2, 0) is 38.2 Å². The fourth-order valence-corrected chi connectivity index (χ4v) is 5.49. The molecule has 1 aliphatic rings. The third kappa shape index (κ3) is 6.63. The Balaban J connectivity index is 1.92. The molecule has 2 heterocycles. The van der Waals surface area contributed by atoms with Crippen LogP contribution in [0.3, 0.4) is 0 Å². The van der Waals surface area contributed by atoms with E-state index < -0.39 is 21.4 Å². The molecule has 0 bridgehead atoms. The summed E-state index contributed by atoms with van der Waals surface area (Å²) in [7, 11) is -3.93. The van der Waals surface area contributed by atoms with Gasteiger partial charge in [-0.25, -0.2) is 17.8 Å². The highest BCUT2D eigenvalue weighted by Crippen LogP contribution is 2.25. The van der Waals surface area contributed by atoms with Crippen LogP contribution in [0.1, 0.15) is 58.2 Å². The summed E-state index contributed by atoms with van der Waals surface area (Å²) in [6, 6.07) is 5.84. The molecule has 0 saturated carbocycles. The second kappa shape index (κ2) is 10.3. The third-order valence-electron chi connectivity index (χ3n) is 5.66. The van der Waals surface area contributed by atoms with E-state index in [0.29, 0.717) is 31.8 Å². The van der Waals surface area contributed by atoms with Crippen LogP contribution in [0, 0.1) is 11.2 Å². The molecule has 1 aromatic carbocycles. The van der Waals surface area contributed by atoms with Gasteiger partial charge in [0.1, 0.15) is 5.82 Å². The first kappa shape index (κ1) is 25.4. The van der Waals surface area contributed by atoms with E-state index in [9.17, 15) is 17.6 Å². The van der Waals surface area contributed by atoms with Crippen LogP contribution in [-0.4, -0.2) is 48.0 Å². The molecule has 0 N–H and O–H groups in total. The number of aromatic nitrogens is 2. The fraction of sp³-hybridized carbons (Fsp3) is 0.583. The van der Waals surface area contributed by atoms with Crippen molar-refractivity contribution in [2.45, 2.75) is 77.1 Å². The minimum atomic E-state index is -3.93. The second-order valence-corrected chi connectivity index (χ2v) is 11.7. The molecule has 1 amide bonds. The fourth-order valence-electron chi connectivity index (χ4n) is 3.98. The monoisotopic (exact) mass is 479 g/mol. The molecule has 1 aromatic heterocycles. The van der Waals surface area contributed by atoms with Gasteiger partial charge >= 0.3 is 0 Å². The highest BCUT2D eigenvalue weighted by molar-refractivity contribution is 7.90. The number of hydrogen-bond acceptors (Lipinski definition) is 5. The Kier molecular flexibility index (Phi) is 7.95. The zero-order valence-corrected chi connectivity index (χ0v) is 20.7. The van der Waals surface area contributed by atoms with Crippen LogP contribution < -0.4 is 0 Å². The van der Waals surface area contributed by atoms with Crippen molar-refractivity contribution < 1.29 is 22.3 Å². The number of sulfone groups is 1. The van der Waals surface area contributed by atoms with Crippen molar-refractivity contribution in [2.24, 2.45) is 5.41 Å². The summed E-state index contributed by atoms with van der Waals surface area (Å²) in [5, 5.41) is -0.115. The van der Waals surface area contributed by atoms with Crippen LogP contribution in [0.2, 0.25) is 0 Å². The lowest BCUT2D eigenvalue weighted by atomic mass is 9.91. The SMILES string of the molecule is CCN(Cc1cnc(S(=O)(=O)Cc2ccccc2F)n1CC1CCCO1)C(=O)CC(C)(C)C. The average molecular weight is 480 g/mol. The number of nitrogens with zero attached hydrogens (tertiary/aromatic N) is 3. The summed E-state index contributed by atoms with van der Waals surface area (Å²) in [5.74, 6) is -1.05.